The highest BCUT2D eigenvalue weighted by molar-refractivity contribution is 4.75. The molecule has 0 radical (unpaired) electrons. The van der Waals surface area contributed by atoms with Crippen LogP contribution in [0.3, 0.4) is 0 Å². The molecule has 0 aromatic carbocycles. The van der Waals surface area contributed by atoms with Gasteiger partial charge in [0.25, 0.3) is 0 Å². The number of nitrogens with one attached hydrogen (secondary N) is 1. The summed E-state index contributed by atoms with van der Waals surface area (Å²) in [5.41, 5.74) is 0. The summed E-state index contributed by atoms with van der Waals surface area (Å²) in [6.07, 6.45) is 2.45. The third-order valence-corrected chi connectivity index (χ3v) is 2.30. The molecular formula is C8H17NO2. The van der Waals surface area contributed by atoms with E-state index >= 15 is 0 Å². The number of rotatable bonds is 3. The normalized spacial score (nSPS) is 28.4. The predicted octanol–water partition coefficient (Wildman–Crippen LogP) is -0.271. The van der Waals surface area contributed by atoms with Gasteiger partial charge in [-0.1, -0.05) is 0 Å². The van der Waals surface area contributed by atoms with Crippen molar-refractivity contribution in [3.63, 3.8) is 0 Å². The number of hydrogen-bond donors (Lipinski definition) is 3. The molecule has 2 atom stereocenters. The van der Waals surface area contributed by atoms with Crippen LogP contribution in [-0.4, -0.2) is 36.0 Å². The lowest BCUT2D eigenvalue weighted by Crippen LogP contribution is -2.37. The monoisotopic (exact) mass is 159 g/mol. The van der Waals surface area contributed by atoms with Gasteiger partial charge in [-0.15, -0.1) is 0 Å². The van der Waals surface area contributed by atoms with Crippen LogP contribution >= 0.6 is 0 Å². The molecule has 11 heavy (non-hydrogen) atoms. The number of hydrogen-bond acceptors (Lipinski definition) is 3. The van der Waals surface area contributed by atoms with E-state index in [1.54, 1.807) is 0 Å². The number of aliphatic hydroxyl groups excluding tert-OH is 2. The molecule has 0 bridgehead atoms. The van der Waals surface area contributed by atoms with E-state index in [1.165, 1.54) is 0 Å². The molecule has 1 aliphatic rings. The van der Waals surface area contributed by atoms with E-state index in [0.29, 0.717) is 12.3 Å². The van der Waals surface area contributed by atoms with Gasteiger partial charge in [0.2, 0.25) is 0 Å². The van der Waals surface area contributed by atoms with Gasteiger partial charge < -0.3 is 15.5 Å². The van der Waals surface area contributed by atoms with Gasteiger partial charge in [0.15, 0.2) is 0 Å². The Kier molecular flexibility index (Phi) is 3.83. The summed E-state index contributed by atoms with van der Waals surface area (Å²) in [5, 5.41) is 21.3. The zero-order valence-electron chi connectivity index (χ0n) is 6.79. The lowest BCUT2D eigenvalue weighted by Gasteiger charge is -2.26. The summed E-state index contributed by atoms with van der Waals surface area (Å²) in [4.78, 5) is 0. The first-order valence-corrected chi connectivity index (χ1v) is 4.34. The molecule has 3 heteroatoms. The van der Waals surface area contributed by atoms with E-state index in [4.69, 9.17) is 5.11 Å². The van der Waals surface area contributed by atoms with Gasteiger partial charge >= 0.3 is 0 Å². The molecular weight excluding hydrogens is 142 g/mol. The quantitative estimate of drug-likeness (QED) is 0.531. The van der Waals surface area contributed by atoms with Crippen LogP contribution in [0.1, 0.15) is 19.3 Å². The van der Waals surface area contributed by atoms with Crippen LogP contribution in [0.15, 0.2) is 0 Å². The number of piperidine rings is 1. The van der Waals surface area contributed by atoms with Crippen molar-refractivity contribution in [1.29, 1.82) is 0 Å². The Hall–Kier alpha value is -0.120. The summed E-state index contributed by atoms with van der Waals surface area (Å²) in [7, 11) is 0. The molecule has 0 aromatic heterocycles. The lowest BCUT2D eigenvalue weighted by molar-refractivity contribution is 0.0667. The van der Waals surface area contributed by atoms with E-state index < -0.39 is 0 Å². The molecule has 66 valence electrons. The summed E-state index contributed by atoms with van der Waals surface area (Å²) in [6, 6.07) is 0. The topological polar surface area (TPSA) is 52.5 Å². The summed E-state index contributed by atoms with van der Waals surface area (Å²) in [5.74, 6) is 0.357. The molecule has 0 spiro atoms. The standard InChI is InChI=1S/C8H17NO2/c10-5-3-8(11)7-2-1-4-9-6-7/h7-11H,1-6H2. The van der Waals surface area contributed by atoms with E-state index in [1.807, 2.05) is 0 Å². The van der Waals surface area contributed by atoms with Crippen molar-refractivity contribution in [3.05, 3.63) is 0 Å². The van der Waals surface area contributed by atoms with Crippen molar-refractivity contribution in [2.45, 2.75) is 25.4 Å². The molecule has 1 fully saturated rings. The lowest BCUT2D eigenvalue weighted by atomic mass is 9.92. The fraction of sp³-hybridized carbons (Fsp3) is 1.00. The Morgan fingerprint density at radius 3 is 2.91 bits per heavy atom. The second-order valence-electron chi connectivity index (χ2n) is 3.19. The third-order valence-electron chi connectivity index (χ3n) is 2.30. The molecule has 3 nitrogen and oxygen atoms in total. The molecule has 1 saturated heterocycles. The first-order chi connectivity index (χ1) is 5.34. The van der Waals surface area contributed by atoms with Crippen molar-refractivity contribution in [3.8, 4) is 0 Å². The molecule has 0 saturated carbocycles. The molecule has 1 rings (SSSR count). The van der Waals surface area contributed by atoms with Crippen LogP contribution in [0.5, 0.6) is 0 Å². The zero-order chi connectivity index (χ0) is 8.10. The van der Waals surface area contributed by atoms with Gasteiger partial charge in [-0.05, 0) is 31.7 Å². The summed E-state index contributed by atoms with van der Waals surface area (Å²) in [6.45, 7) is 2.07. The van der Waals surface area contributed by atoms with Crippen molar-refractivity contribution in [2.75, 3.05) is 19.7 Å². The van der Waals surface area contributed by atoms with Crippen molar-refractivity contribution in [1.82, 2.24) is 5.32 Å². The third kappa shape index (κ3) is 2.77. The Balaban J connectivity index is 2.21. The minimum absolute atomic E-state index is 0.0949. The fourth-order valence-corrected chi connectivity index (χ4v) is 1.58. The van der Waals surface area contributed by atoms with Gasteiger partial charge in [0, 0.05) is 13.2 Å². The van der Waals surface area contributed by atoms with Crippen LogP contribution in [-0.2, 0) is 0 Å². The maximum absolute atomic E-state index is 9.47. The Bertz CT molecular complexity index is 102. The second kappa shape index (κ2) is 4.70. The second-order valence-corrected chi connectivity index (χ2v) is 3.19. The Morgan fingerprint density at radius 2 is 2.36 bits per heavy atom. The van der Waals surface area contributed by atoms with E-state index in [-0.39, 0.29) is 12.7 Å². The van der Waals surface area contributed by atoms with Crippen molar-refractivity contribution in [2.24, 2.45) is 5.92 Å². The Morgan fingerprint density at radius 1 is 1.55 bits per heavy atom. The van der Waals surface area contributed by atoms with Crippen LogP contribution in [0, 0.1) is 5.92 Å². The smallest absolute Gasteiger partial charge is 0.0602 e. The van der Waals surface area contributed by atoms with Crippen molar-refractivity contribution < 1.29 is 10.2 Å². The van der Waals surface area contributed by atoms with E-state index in [0.717, 1.165) is 25.9 Å². The SMILES string of the molecule is OCCC(O)C1CCCNC1. The average Bonchev–Trinajstić information content (AvgIpc) is 2.07. The molecule has 1 heterocycles. The zero-order valence-corrected chi connectivity index (χ0v) is 6.79. The van der Waals surface area contributed by atoms with Gasteiger partial charge in [0.05, 0.1) is 6.10 Å². The molecule has 0 aliphatic carbocycles. The average molecular weight is 159 g/mol. The van der Waals surface area contributed by atoms with Crippen LogP contribution in [0.4, 0.5) is 0 Å². The minimum atomic E-state index is -0.312. The van der Waals surface area contributed by atoms with Gasteiger partial charge in [0.1, 0.15) is 0 Å². The molecule has 0 aromatic rings. The molecule has 0 amide bonds. The summed E-state index contributed by atoms with van der Waals surface area (Å²) < 4.78 is 0. The van der Waals surface area contributed by atoms with E-state index in [9.17, 15) is 5.11 Å². The molecule has 2 unspecified atom stereocenters. The summed E-state index contributed by atoms with van der Waals surface area (Å²) >= 11 is 0. The Labute approximate surface area is 67.4 Å². The molecule has 1 aliphatic heterocycles. The van der Waals surface area contributed by atoms with Gasteiger partial charge in [-0.2, -0.15) is 0 Å². The highest BCUT2D eigenvalue weighted by Gasteiger charge is 2.20. The van der Waals surface area contributed by atoms with Gasteiger partial charge in [-0.25, -0.2) is 0 Å². The maximum Gasteiger partial charge on any atom is 0.0602 e. The van der Waals surface area contributed by atoms with Gasteiger partial charge in [-0.3, -0.25) is 0 Å². The largest absolute Gasteiger partial charge is 0.396 e. The van der Waals surface area contributed by atoms with Crippen molar-refractivity contribution >= 4 is 0 Å². The first-order valence-electron chi connectivity index (χ1n) is 4.34. The highest BCUT2D eigenvalue weighted by Crippen LogP contribution is 2.15. The van der Waals surface area contributed by atoms with E-state index in [2.05, 4.69) is 5.32 Å². The first kappa shape index (κ1) is 8.97. The van der Waals surface area contributed by atoms with Crippen LogP contribution < -0.4 is 5.32 Å². The molecule has 3 N–H and O–H groups in total. The highest BCUT2D eigenvalue weighted by atomic mass is 16.3. The van der Waals surface area contributed by atoms with Crippen LogP contribution in [0.25, 0.3) is 0 Å². The van der Waals surface area contributed by atoms with Crippen LogP contribution in [0.2, 0.25) is 0 Å². The maximum atomic E-state index is 9.47. The predicted molar refractivity (Wildman–Crippen MR) is 43.3 cm³/mol. The minimum Gasteiger partial charge on any atom is -0.396 e. The fourth-order valence-electron chi connectivity index (χ4n) is 1.58. The number of aliphatic hydroxyl groups is 2.